The second-order valence-electron chi connectivity index (χ2n) is 7.13. The highest BCUT2D eigenvalue weighted by molar-refractivity contribution is 7.88. The van der Waals surface area contributed by atoms with E-state index in [1.54, 1.807) is 0 Å². The first-order chi connectivity index (χ1) is 12.5. The van der Waals surface area contributed by atoms with E-state index in [1.807, 2.05) is 42.5 Å². The lowest BCUT2D eigenvalue weighted by molar-refractivity contribution is -0.141. The van der Waals surface area contributed by atoms with E-state index >= 15 is 0 Å². The quantitative estimate of drug-likeness (QED) is 0.631. The van der Waals surface area contributed by atoms with Gasteiger partial charge in [-0.05, 0) is 36.6 Å². The fourth-order valence-electron chi connectivity index (χ4n) is 2.84. The van der Waals surface area contributed by atoms with Crippen LogP contribution < -0.4 is 10.0 Å². The number of carboxylic acid groups (broad SMARTS) is 1. The van der Waals surface area contributed by atoms with Crippen LogP contribution in [0.4, 0.5) is 0 Å². The third-order valence-corrected chi connectivity index (χ3v) is 5.04. The van der Waals surface area contributed by atoms with Crippen molar-refractivity contribution in [2.75, 3.05) is 12.8 Å². The normalized spacial score (nSPS) is 13.3. The SMILES string of the molecule is CC(C)(NS(C)(=O)=O)C(=O)NCC(Cc1ccc2ccccc2c1)C(=O)O. The number of carbonyl (C=O) groups is 2. The van der Waals surface area contributed by atoms with Gasteiger partial charge >= 0.3 is 5.97 Å². The molecule has 2 aromatic carbocycles. The highest BCUT2D eigenvalue weighted by Gasteiger charge is 2.31. The Hall–Kier alpha value is -2.45. The van der Waals surface area contributed by atoms with Gasteiger partial charge in [-0.1, -0.05) is 42.5 Å². The number of carbonyl (C=O) groups excluding carboxylic acids is 1. The number of sulfonamides is 1. The molecule has 3 N–H and O–H groups in total. The van der Waals surface area contributed by atoms with Gasteiger partial charge in [-0.2, -0.15) is 0 Å². The largest absolute Gasteiger partial charge is 0.481 e. The molecule has 2 aromatic rings. The Bertz CT molecular complexity index is 953. The average Bonchev–Trinajstić information content (AvgIpc) is 2.55. The summed E-state index contributed by atoms with van der Waals surface area (Å²) in [4.78, 5) is 23.9. The highest BCUT2D eigenvalue weighted by Crippen LogP contribution is 2.18. The van der Waals surface area contributed by atoms with Gasteiger partial charge in [0.1, 0.15) is 5.54 Å². The minimum atomic E-state index is -3.58. The molecule has 0 heterocycles. The Morgan fingerprint density at radius 3 is 2.33 bits per heavy atom. The van der Waals surface area contributed by atoms with E-state index in [-0.39, 0.29) is 13.0 Å². The summed E-state index contributed by atoms with van der Waals surface area (Å²) in [5, 5.41) is 14.1. The lowest BCUT2D eigenvalue weighted by Crippen LogP contribution is -2.55. The first-order valence-corrected chi connectivity index (χ1v) is 10.3. The van der Waals surface area contributed by atoms with Gasteiger partial charge < -0.3 is 10.4 Å². The summed E-state index contributed by atoms with van der Waals surface area (Å²) >= 11 is 0. The van der Waals surface area contributed by atoms with Crippen molar-refractivity contribution in [1.82, 2.24) is 10.0 Å². The second-order valence-corrected chi connectivity index (χ2v) is 8.88. The molecule has 1 atom stereocenters. The van der Waals surface area contributed by atoms with Crippen LogP contribution in [0.1, 0.15) is 19.4 Å². The van der Waals surface area contributed by atoms with Gasteiger partial charge in [-0.3, -0.25) is 9.59 Å². The molecule has 0 aromatic heterocycles. The summed E-state index contributed by atoms with van der Waals surface area (Å²) in [5.41, 5.74) is -0.525. The van der Waals surface area contributed by atoms with Gasteiger partial charge in [0.15, 0.2) is 0 Å². The average molecular weight is 392 g/mol. The van der Waals surface area contributed by atoms with E-state index in [4.69, 9.17) is 0 Å². The van der Waals surface area contributed by atoms with Crippen molar-refractivity contribution in [2.45, 2.75) is 25.8 Å². The maximum atomic E-state index is 12.3. The highest BCUT2D eigenvalue weighted by atomic mass is 32.2. The second kappa shape index (κ2) is 8.06. The molecule has 0 saturated heterocycles. The molecule has 0 aliphatic carbocycles. The predicted molar refractivity (Wildman–Crippen MR) is 104 cm³/mol. The standard InChI is InChI=1S/C19H24N2O5S/c1-19(2,21-27(3,25)26)18(24)20-12-16(17(22)23)11-13-8-9-14-6-4-5-7-15(14)10-13/h4-10,16,21H,11-12H2,1-3H3,(H,20,24)(H,22,23). The fraction of sp³-hybridized carbons (Fsp3) is 0.368. The van der Waals surface area contributed by atoms with Gasteiger partial charge in [0.05, 0.1) is 12.2 Å². The van der Waals surface area contributed by atoms with Crippen LogP contribution >= 0.6 is 0 Å². The van der Waals surface area contributed by atoms with E-state index < -0.39 is 33.4 Å². The number of hydrogen-bond donors (Lipinski definition) is 3. The zero-order valence-corrected chi connectivity index (χ0v) is 16.3. The molecule has 8 heteroatoms. The van der Waals surface area contributed by atoms with Crippen LogP contribution in [-0.2, 0) is 26.0 Å². The number of rotatable bonds is 8. The van der Waals surface area contributed by atoms with Crippen molar-refractivity contribution in [2.24, 2.45) is 5.92 Å². The van der Waals surface area contributed by atoms with Crippen molar-refractivity contribution >= 4 is 32.7 Å². The van der Waals surface area contributed by atoms with E-state index in [9.17, 15) is 23.1 Å². The van der Waals surface area contributed by atoms with Crippen LogP contribution in [0.2, 0.25) is 0 Å². The summed E-state index contributed by atoms with van der Waals surface area (Å²) in [6.45, 7) is 2.74. The molecule has 0 radical (unpaired) electrons. The summed E-state index contributed by atoms with van der Waals surface area (Å²) in [6.07, 6.45) is 1.21. The molecule has 1 unspecified atom stereocenters. The van der Waals surface area contributed by atoms with Gasteiger partial charge in [0, 0.05) is 6.54 Å². The smallest absolute Gasteiger partial charge is 0.308 e. The minimum Gasteiger partial charge on any atom is -0.481 e. The molecule has 27 heavy (non-hydrogen) atoms. The predicted octanol–water partition coefficient (Wildman–Crippen LogP) is 1.53. The van der Waals surface area contributed by atoms with Gasteiger partial charge in [-0.25, -0.2) is 13.1 Å². The van der Waals surface area contributed by atoms with Crippen molar-refractivity contribution < 1.29 is 23.1 Å². The number of fused-ring (bicyclic) bond motifs is 1. The van der Waals surface area contributed by atoms with Crippen LogP contribution in [0.5, 0.6) is 0 Å². The maximum absolute atomic E-state index is 12.3. The molecule has 0 saturated carbocycles. The number of benzene rings is 2. The van der Waals surface area contributed by atoms with Crippen LogP contribution in [0.25, 0.3) is 10.8 Å². The lowest BCUT2D eigenvalue weighted by Gasteiger charge is -2.25. The molecule has 146 valence electrons. The van der Waals surface area contributed by atoms with E-state index in [2.05, 4.69) is 10.0 Å². The Labute approximate surface area is 158 Å². The van der Waals surface area contributed by atoms with Crippen molar-refractivity contribution in [3.8, 4) is 0 Å². The van der Waals surface area contributed by atoms with Crippen LogP contribution in [0.15, 0.2) is 42.5 Å². The maximum Gasteiger partial charge on any atom is 0.308 e. The molecule has 0 aliphatic heterocycles. The summed E-state index contributed by atoms with van der Waals surface area (Å²) < 4.78 is 25.0. The molecule has 0 spiro atoms. The number of aliphatic carboxylic acids is 1. The van der Waals surface area contributed by atoms with Gasteiger partial charge in [0.2, 0.25) is 15.9 Å². The summed E-state index contributed by atoms with van der Waals surface area (Å²) in [6, 6.07) is 13.5. The van der Waals surface area contributed by atoms with Crippen molar-refractivity contribution in [3.05, 3.63) is 48.0 Å². The molecule has 0 bridgehead atoms. The third kappa shape index (κ3) is 6.04. The van der Waals surface area contributed by atoms with Gasteiger partial charge in [0.25, 0.3) is 0 Å². The number of amides is 1. The Morgan fingerprint density at radius 2 is 1.74 bits per heavy atom. The molecule has 1 amide bonds. The fourth-order valence-corrected chi connectivity index (χ4v) is 3.86. The molecular formula is C19H24N2O5S. The first-order valence-electron chi connectivity index (χ1n) is 8.46. The van der Waals surface area contributed by atoms with Crippen LogP contribution in [0.3, 0.4) is 0 Å². The summed E-state index contributed by atoms with van der Waals surface area (Å²) in [7, 11) is -3.58. The lowest BCUT2D eigenvalue weighted by atomic mass is 9.96. The molecule has 0 fully saturated rings. The monoisotopic (exact) mass is 392 g/mol. The number of nitrogens with one attached hydrogen (secondary N) is 2. The first kappa shape index (κ1) is 20.9. The minimum absolute atomic E-state index is 0.101. The molecule has 0 aliphatic rings. The van der Waals surface area contributed by atoms with E-state index in [1.165, 1.54) is 13.8 Å². The van der Waals surface area contributed by atoms with E-state index in [0.29, 0.717) is 0 Å². The molecular weight excluding hydrogens is 368 g/mol. The molecule has 7 nitrogen and oxygen atoms in total. The number of carboxylic acids is 1. The molecule has 2 rings (SSSR count). The Balaban J connectivity index is 2.06. The van der Waals surface area contributed by atoms with Crippen molar-refractivity contribution in [1.29, 1.82) is 0 Å². The topological polar surface area (TPSA) is 113 Å². The number of hydrogen-bond acceptors (Lipinski definition) is 4. The van der Waals surface area contributed by atoms with E-state index in [0.717, 1.165) is 22.6 Å². The van der Waals surface area contributed by atoms with Gasteiger partial charge in [-0.15, -0.1) is 0 Å². The summed E-state index contributed by atoms with van der Waals surface area (Å²) in [5.74, 6) is -2.45. The third-order valence-electron chi connectivity index (χ3n) is 4.16. The Kier molecular flexibility index (Phi) is 6.22. The zero-order chi connectivity index (χ0) is 20.2. The Morgan fingerprint density at radius 1 is 1.11 bits per heavy atom. The van der Waals surface area contributed by atoms with Crippen LogP contribution in [-0.4, -0.2) is 43.7 Å². The zero-order valence-electron chi connectivity index (χ0n) is 15.5. The van der Waals surface area contributed by atoms with Crippen molar-refractivity contribution in [3.63, 3.8) is 0 Å². The van der Waals surface area contributed by atoms with Crippen LogP contribution in [0, 0.1) is 5.92 Å².